The lowest BCUT2D eigenvalue weighted by molar-refractivity contribution is 0.620. The molecule has 0 radical (unpaired) electrons. The summed E-state index contributed by atoms with van der Waals surface area (Å²) in [4.78, 5) is 0. The van der Waals surface area contributed by atoms with Crippen molar-refractivity contribution in [1.82, 2.24) is 0 Å². The van der Waals surface area contributed by atoms with Gasteiger partial charge in [-0.25, -0.2) is 4.39 Å². The van der Waals surface area contributed by atoms with Crippen LogP contribution >= 0.6 is 28.6 Å². The SMILES string of the molecule is Fc1cc(CS)ccc1Br. The minimum Gasteiger partial charge on any atom is -0.206 e. The van der Waals surface area contributed by atoms with E-state index in [2.05, 4.69) is 28.6 Å². The van der Waals surface area contributed by atoms with Gasteiger partial charge < -0.3 is 0 Å². The predicted octanol–water partition coefficient (Wildman–Crippen LogP) is 3.02. The van der Waals surface area contributed by atoms with Crippen molar-refractivity contribution >= 4 is 28.6 Å². The topological polar surface area (TPSA) is 0 Å². The zero-order valence-corrected chi connectivity index (χ0v) is 7.62. The molecule has 0 aliphatic rings. The maximum absolute atomic E-state index is 12.7. The van der Waals surface area contributed by atoms with Gasteiger partial charge in [-0.1, -0.05) is 6.07 Å². The van der Waals surface area contributed by atoms with Gasteiger partial charge in [0.25, 0.3) is 0 Å². The van der Waals surface area contributed by atoms with Crippen LogP contribution in [0.4, 0.5) is 4.39 Å². The Hall–Kier alpha value is -0.0200. The van der Waals surface area contributed by atoms with Crippen LogP contribution in [-0.4, -0.2) is 0 Å². The van der Waals surface area contributed by atoms with Crippen molar-refractivity contribution in [2.75, 3.05) is 0 Å². The maximum Gasteiger partial charge on any atom is 0.137 e. The molecule has 0 amide bonds. The van der Waals surface area contributed by atoms with E-state index >= 15 is 0 Å². The van der Waals surface area contributed by atoms with Crippen LogP contribution in [0.25, 0.3) is 0 Å². The first-order chi connectivity index (χ1) is 4.74. The van der Waals surface area contributed by atoms with Crippen LogP contribution in [-0.2, 0) is 5.75 Å². The highest BCUT2D eigenvalue weighted by molar-refractivity contribution is 9.10. The second-order valence-corrected chi connectivity index (χ2v) is 3.08. The van der Waals surface area contributed by atoms with Gasteiger partial charge in [-0.2, -0.15) is 12.6 Å². The van der Waals surface area contributed by atoms with E-state index in [4.69, 9.17) is 0 Å². The molecule has 0 aliphatic carbocycles. The molecule has 0 bridgehead atoms. The third-order valence-electron chi connectivity index (χ3n) is 1.17. The Morgan fingerprint density at radius 1 is 1.50 bits per heavy atom. The Labute approximate surface area is 73.0 Å². The summed E-state index contributed by atoms with van der Waals surface area (Å²) in [6.45, 7) is 0. The second-order valence-electron chi connectivity index (χ2n) is 1.91. The standard InChI is InChI=1S/C7H6BrFS/c8-6-2-1-5(4-10)3-7(6)9/h1-3,10H,4H2. The quantitative estimate of drug-likeness (QED) is 0.692. The number of rotatable bonds is 1. The zero-order valence-electron chi connectivity index (χ0n) is 5.14. The predicted molar refractivity (Wildman–Crippen MR) is 46.8 cm³/mol. The van der Waals surface area contributed by atoms with E-state index in [9.17, 15) is 4.39 Å². The van der Waals surface area contributed by atoms with Crippen molar-refractivity contribution < 1.29 is 4.39 Å². The van der Waals surface area contributed by atoms with Crippen molar-refractivity contribution in [2.45, 2.75) is 5.75 Å². The highest BCUT2D eigenvalue weighted by Gasteiger charge is 1.97. The third-order valence-corrected chi connectivity index (χ3v) is 2.17. The number of benzene rings is 1. The average molecular weight is 221 g/mol. The summed E-state index contributed by atoms with van der Waals surface area (Å²) in [7, 11) is 0. The molecule has 0 aliphatic heterocycles. The van der Waals surface area contributed by atoms with E-state index in [-0.39, 0.29) is 5.82 Å². The fourth-order valence-corrected chi connectivity index (χ4v) is 1.08. The maximum atomic E-state index is 12.7. The minimum absolute atomic E-state index is 0.230. The average Bonchev–Trinajstić information content (AvgIpc) is 1.95. The number of hydrogen-bond donors (Lipinski definition) is 1. The van der Waals surface area contributed by atoms with E-state index in [0.29, 0.717) is 10.2 Å². The van der Waals surface area contributed by atoms with Gasteiger partial charge in [-0.3, -0.25) is 0 Å². The number of hydrogen-bond acceptors (Lipinski definition) is 1. The van der Waals surface area contributed by atoms with Gasteiger partial charge >= 0.3 is 0 Å². The van der Waals surface area contributed by atoms with Gasteiger partial charge in [0.15, 0.2) is 0 Å². The molecule has 0 aromatic heterocycles. The first-order valence-corrected chi connectivity index (χ1v) is 4.21. The van der Waals surface area contributed by atoms with Crippen molar-refractivity contribution in [3.05, 3.63) is 34.1 Å². The molecule has 0 fully saturated rings. The van der Waals surface area contributed by atoms with Crippen molar-refractivity contribution in [3.63, 3.8) is 0 Å². The largest absolute Gasteiger partial charge is 0.206 e. The third kappa shape index (κ3) is 1.73. The van der Waals surface area contributed by atoms with Crippen LogP contribution in [0.5, 0.6) is 0 Å². The molecule has 0 nitrogen and oxygen atoms in total. The molecule has 0 saturated heterocycles. The van der Waals surface area contributed by atoms with Crippen LogP contribution < -0.4 is 0 Å². The molecule has 1 aromatic carbocycles. The zero-order chi connectivity index (χ0) is 7.56. The first kappa shape index (κ1) is 8.08. The van der Waals surface area contributed by atoms with Crippen molar-refractivity contribution in [2.24, 2.45) is 0 Å². The summed E-state index contributed by atoms with van der Waals surface area (Å²) < 4.78 is 13.2. The normalized spacial score (nSPS) is 9.90. The number of halogens is 2. The monoisotopic (exact) mass is 220 g/mol. The smallest absolute Gasteiger partial charge is 0.137 e. The summed E-state index contributed by atoms with van der Waals surface area (Å²) in [5.41, 5.74) is 0.893. The van der Waals surface area contributed by atoms with E-state index in [1.54, 1.807) is 6.07 Å². The van der Waals surface area contributed by atoms with Gasteiger partial charge in [0.2, 0.25) is 0 Å². The fourth-order valence-electron chi connectivity index (χ4n) is 0.638. The van der Waals surface area contributed by atoms with Gasteiger partial charge in [-0.05, 0) is 33.6 Å². The Bertz CT molecular complexity index is 237. The Balaban J connectivity index is 3.04. The Morgan fingerprint density at radius 2 is 2.20 bits per heavy atom. The van der Waals surface area contributed by atoms with Crippen LogP contribution in [0.3, 0.4) is 0 Å². The molecule has 3 heteroatoms. The first-order valence-electron chi connectivity index (χ1n) is 2.79. The second kappa shape index (κ2) is 3.39. The number of thiol groups is 1. The Morgan fingerprint density at radius 3 is 2.70 bits per heavy atom. The minimum atomic E-state index is -0.230. The molecule has 0 atom stereocenters. The molecular weight excluding hydrogens is 215 g/mol. The summed E-state index contributed by atoms with van der Waals surface area (Å²) in [6, 6.07) is 4.98. The highest BCUT2D eigenvalue weighted by atomic mass is 79.9. The van der Waals surface area contributed by atoms with E-state index in [1.165, 1.54) is 6.07 Å². The van der Waals surface area contributed by atoms with Crippen LogP contribution in [0.2, 0.25) is 0 Å². The summed E-state index contributed by atoms with van der Waals surface area (Å²) in [5.74, 6) is 0.344. The molecule has 1 aromatic rings. The van der Waals surface area contributed by atoms with E-state index in [1.807, 2.05) is 6.07 Å². The lowest BCUT2D eigenvalue weighted by Crippen LogP contribution is -1.81. The lowest BCUT2D eigenvalue weighted by Gasteiger charge is -1.96. The van der Waals surface area contributed by atoms with Crippen LogP contribution in [0.1, 0.15) is 5.56 Å². The fraction of sp³-hybridized carbons (Fsp3) is 0.143. The van der Waals surface area contributed by atoms with Crippen LogP contribution in [0.15, 0.2) is 22.7 Å². The molecule has 0 saturated carbocycles. The van der Waals surface area contributed by atoms with E-state index < -0.39 is 0 Å². The van der Waals surface area contributed by atoms with Crippen molar-refractivity contribution in [1.29, 1.82) is 0 Å². The summed E-state index contributed by atoms with van der Waals surface area (Å²) >= 11 is 7.07. The van der Waals surface area contributed by atoms with Gasteiger partial charge in [0, 0.05) is 5.75 Å². The molecule has 54 valence electrons. The molecule has 10 heavy (non-hydrogen) atoms. The molecular formula is C7H6BrFS. The molecule has 0 spiro atoms. The molecule has 0 unspecified atom stereocenters. The summed E-state index contributed by atoms with van der Waals surface area (Å²) in [6.07, 6.45) is 0. The molecule has 1 rings (SSSR count). The van der Waals surface area contributed by atoms with Gasteiger partial charge in [0.05, 0.1) is 4.47 Å². The summed E-state index contributed by atoms with van der Waals surface area (Å²) in [5, 5.41) is 0. The molecule has 0 N–H and O–H groups in total. The van der Waals surface area contributed by atoms with E-state index in [0.717, 1.165) is 5.56 Å². The lowest BCUT2D eigenvalue weighted by atomic mass is 10.2. The van der Waals surface area contributed by atoms with Gasteiger partial charge in [0.1, 0.15) is 5.82 Å². The van der Waals surface area contributed by atoms with Crippen molar-refractivity contribution in [3.8, 4) is 0 Å². The molecule has 0 heterocycles. The Kier molecular flexibility index (Phi) is 2.74. The van der Waals surface area contributed by atoms with Gasteiger partial charge in [-0.15, -0.1) is 0 Å². The highest BCUT2D eigenvalue weighted by Crippen LogP contribution is 2.16. The van der Waals surface area contributed by atoms with Crippen LogP contribution in [0, 0.1) is 5.82 Å².